The van der Waals surface area contributed by atoms with Gasteiger partial charge in [-0.1, -0.05) is 17.7 Å². The minimum atomic E-state index is -0.271. The molecule has 1 saturated heterocycles. The zero-order valence-corrected chi connectivity index (χ0v) is 18.2. The van der Waals surface area contributed by atoms with Gasteiger partial charge < -0.3 is 15.5 Å². The molecule has 1 atom stereocenters. The van der Waals surface area contributed by atoms with E-state index in [1.807, 2.05) is 25.1 Å². The third-order valence-corrected chi connectivity index (χ3v) is 5.59. The monoisotopic (exact) mass is 441 g/mol. The summed E-state index contributed by atoms with van der Waals surface area (Å²) in [7, 11) is 3.88. The van der Waals surface area contributed by atoms with Gasteiger partial charge in [0.05, 0.1) is 11.7 Å². The quantitative estimate of drug-likeness (QED) is 0.605. The Bertz CT molecular complexity index is 1200. The maximum absolute atomic E-state index is 13.5. The van der Waals surface area contributed by atoms with Gasteiger partial charge in [0.15, 0.2) is 11.5 Å². The summed E-state index contributed by atoms with van der Waals surface area (Å²) < 4.78 is 3.13. The topological polar surface area (TPSA) is 102 Å². The number of carbonyl (C=O) groups excluding carboxylic acids is 1. The molecular formula is C21H24ClN7O2. The molecule has 0 bridgehead atoms. The predicted octanol–water partition coefficient (Wildman–Crippen LogP) is 1.71. The van der Waals surface area contributed by atoms with E-state index in [0.717, 1.165) is 0 Å². The molecule has 1 aliphatic rings. The summed E-state index contributed by atoms with van der Waals surface area (Å²) in [6, 6.07) is 6.72. The number of aromatic nitrogens is 4. The van der Waals surface area contributed by atoms with Crippen LogP contribution in [0.1, 0.15) is 12.5 Å². The Kier molecular flexibility index (Phi) is 5.79. The van der Waals surface area contributed by atoms with E-state index < -0.39 is 0 Å². The van der Waals surface area contributed by atoms with E-state index in [1.165, 1.54) is 10.9 Å². The molecule has 162 valence electrons. The number of hydrogen-bond acceptors (Lipinski definition) is 6. The Morgan fingerprint density at radius 3 is 2.74 bits per heavy atom. The van der Waals surface area contributed by atoms with Crippen LogP contribution in [0.2, 0.25) is 5.02 Å². The Morgan fingerprint density at radius 2 is 2.03 bits per heavy atom. The summed E-state index contributed by atoms with van der Waals surface area (Å²) in [4.78, 5) is 38.2. The molecule has 2 aromatic heterocycles. The van der Waals surface area contributed by atoms with Crippen molar-refractivity contribution in [2.24, 2.45) is 0 Å². The standard InChI is InChI=1S/C21H24ClN7O2/c1-26(2)10-3-4-17(30)27-11-9-16(12-27)29-20-18(19(23)24-13-25-20)28(21(29)31)15-7-5-14(22)6-8-15/h3-8,13,16H,9-12H2,1-2H3,(H2,23,24,25). The van der Waals surface area contributed by atoms with Gasteiger partial charge >= 0.3 is 5.69 Å². The number of halogens is 1. The lowest BCUT2D eigenvalue weighted by atomic mass is 10.2. The molecule has 9 nitrogen and oxygen atoms in total. The largest absolute Gasteiger partial charge is 0.382 e. The molecule has 1 fully saturated rings. The third kappa shape index (κ3) is 4.06. The van der Waals surface area contributed by atoms with Crippen molar-refractivity contribution in [2.45, 2.75) is 12.5 Å². The van der Waals surface area contributed by atoms with Crippen LogP contribution in [0.3, 0.4) is 0 Å². The zero-order chi connectivity index (χ0) is 22.1. The Hall–Kier alpha value is -3.17. The van der Waals surface area contributed by atoms with E-state index >= 15 is 0 Å². The molecule has 4 rings (SSSR count). The molecule has 1 amide bonds. The summed E-state index contributed by atoms with van der Waals surface area (Å²) in [5, 5.41) is 0.567. The van der Waals surface area contributed by atoms with Crippen LogP contribution in [-0.2, 0) is 4.79 Å². The van der Waals surface area contributed by atoms with Gasteiger partial charge in [-0.25, -0.2) is 14.8 Å². The summed E-state index contributed by atoms with van der Waals surface area (Å²) >= 11 is 6.01. The van der Waals surface area contributed by atoms with Gasteiger partial charge in [-0.05, 0) is 44.8 Å². The van der Waals surface area contributed by atoms with Crippen LogP contribution in [0.15, 0.2) is 47.5 Å². The van der Waals surface area contributed by atoms with Gasteiger partial charge in [-0.2, -0.15) is 0 Å². The highest BCUT2D eigenvalue weighted by molar-refractivity contribution is 6.30. The normalized spacial score (nSPS) is 16.8. The highest BCUT2D eigenvalue weighted by atomic mass is 35.5. The second-order valence-corrected chi connectivity index (χ2v) is 8.22. The van der Waals surface area contributed by atoms with Gasteiger partial charge in [-0.15, -0.1) is 0 Å². The van der Waals surface area contributed by atoms with Gasteiger partial charge in [0.1, 0.15) is 11.8 Å². The number of benzene rings is 1. The van der Waals surface area contributed by atoms with Crippen molar-refractivity contribution in [3.05, 3.63) is 58.3 Å². The molecule has 10 heteroatoms. The number of likely N-dealkylation sites (N-methyl/N-ethyl adjacent to an activating group) is 1. The smallest absolute Gasteiger partial charge is 0.335 e. The van der Waals surface area contributed by atoms with Gasteiger partial charge in [-0.3, -0.25) is 13.9 Å². The molecule has 1 aliphatic heterocycles. The molecule has 0 radical (unpaired) electrons. The lowest BCUT2D eigenvalue weighted by Crippen LogP contribution is -2.31. The minimum Gasteiger partial charge on any atom is -0.382 e. The number of hydrogen-bond donors (Lipinski definition) is 1. The number of imidazole rings is 1. The second-order valence-electron chi connectivity index (χ2n) is 7.79. The molecule has 0 saturated carbocycles. The number of rotatable bonds is 5. The third-order valence-electron chi connectivity index (χ3n) is 5.34. The fourth-order valence-corrected chi connectivity index (χ4v) is 3.97. The Labute approximate surface area is 184 Å². The number of carbonyl (C=O) groups is 1. The average molecular weight is 442 g/mol. The summed E-state index contributed by atoms with van der Waals surface area (Å²) in [6.45, 7) is 1.68. The van der Waals surface area contributed by atoms with Gasteiger partial charge in [0, 0.05) is 30.7 Å². The lowest BCUT2D eigenvalue weighted by molar-refractivity contribution is -0.125. The second kappa shape index (κ2) is 8.52. The first kappa shape index (κ1) is 21.1. The lowest BCUT2D eigenvalue weighted by Gasteiger charge is -2.15. The van der Waals surface area contributed by atoms with E-state index in [1.54, 1.807) is 39.8 Å². The van der Waals surface area contributed by atoms with Crippen molar-refractivity contribution in [1.29, 1.82) is 0 Å². The van der Waals surface area contributed by atoms with E-state index in [0.29, 0.717) is 47.9 Å². The minimum absolute atomic E-state index is 0.0621. The summed E-state index contributed by atoms with van der Waals surface area (Å²) in [5.74, 6) is 0.154. The van der Waals surface area contributed by atoms with Crippen LogP contribution in [-0.4, -0.2) is 68.5 Å². The molecule has 31 heavy (non-hydrogen) atoms. The highest BCUT2D eigenvalue weighted by Gasteiger charge is 2.31. The van der Waals surface area contributed by atoms with Crippen LogP contribution in [0, 0.1) is 0 Å². The summed E-state index contributed by atoms with van der Waals surface area (Å²) in [5.41, 5.74) is 7.39. The number of likely N-dealkylation sites (tertiary alicyclic amines) is 1. The predicted molar refractivity (Wildman–Crippen MR) is 120 cm³/mol. The number of amides is 1. The number of nitrogen functional groups attached to an aromatic ring is 1. The van der Waals surface area contributed by atoms with Gasteiger partial charge in [0.2, 0.25) is 5.91 Å². The van der Waals surface area contributed by atoms with Crippen LogP contribution in [0.4, 0.5) is 5.82 Å². The van der Waals surface area contributed by atoms with Gasteiger partial charge in [0.25, 0.3) is 0 Å². The Balaban J connectivity index is 1.71. The molecule has 1 aromatic carbocycles. The average Bonchev–Trinajstić information content (AvgIpc) is 3.31. The SMILES string of the molecule is CN(C)CC=CC(=O)N1CCC(n2c(=O)n(-c3ccc(Cl)cc3)c3c(N)ncnc32)C1. The van der Waals surface area contributed by atoms with Crippen molar-refractivity contribution < 1.29 is 4.79 Å². The molecule has 2 N–H and O–H groups in total. The molecule has 1 unspecified atom stereocenters. The van der Waals surface area contributed by atoms with Crippen LogP contribution >= 0.6 is 11.6 Å². The molecule has 3 heterocycles. The van der Waals surface area contributed by atoms with E-state index in [2.05, 4.69) is 9.97 Å². The van der Waals surface area contributed by atoms with Crippen molar-refractivity contribution in [1.82, 2.24) is 28.9 Å². The van der Waals surface area contributed by atoms with Crippen LogP contribution in [0.25, 0.3) is 16.9 Å². The number of nitrogens with zero attached hydrogens (tertiary/aromatic N) is 6. The first-order chi connectivity index (χ1) is 14.9. The zero-order valence-electron chi connectivity index (χ0n) is 17.4. The number of fused-ring (bicyclic) bond motifs is 1. The fourth-order valence-electron chi connectivity index (χ4n) is 3.85. The fraction of sp³-hybridized carbons (Fsp3) is 0.333. The van der Waals surface area contributed by atoms with E-state index in [4.69, 9.17) is 17.3 Å². The van der Waals surface area contributed by atoms with Crippen LogP contribution < -0.4 is 11.4 Å². The highest BCUT2D eigenvalue weighted by Crippen LogP contribution is 2.27. The van der Waals surface area contributed by atoms with Crippen LogP contribution in [0.5, 0.6) is 0 Å². The molecule has 0 spiro atoms. The molecule has 0 aliphatic carbocycles. The maximum Gasteiger partial charge on any atom is 0.335 e. The number of anilines is 1. The maximum atomic E-state index is 13.5. The van der Waals surface area contributed by atoms with E-state index in [-0.39, 0.29) is 23.5 Å². The van der Waals surface area contributed by atoms with Crippen molar-refractivity contribution in [3.8, 4) is 5.69 Å². The van der Waals surface area contributed by atoms with E-state index in [9.17, 15) is 9.59 Å². The molecular weight excluding hydrogens is 418 g/mol. The number of nitrogens with two attached hydrogens (primary N) is 1. The first-order valence-corrected chi connectivity index (χ1v) is 10.3. The molecule has 3 aromatic rings. The van der Waals surface area contributed by atoms with Crippen molar-refractivity contribution >= 4 is 34.5 Å². The Morgan fingerprint density at radius 1 is 1.29 bits per heavy atom. The van der Waals surface area contributed by atoms with Crippen molar-refractivity contribution in [2.75, 3.05) is 39.5 Å². The van der Waals surface area contributed by atoms with Crippen molar-refractivity contribution in [3.63, 3.8) is 0 Å². The first-order valence-electron chi connectivity index (χ1n) is 9.96. The summed E-state index contributed by atoms with van der Waals surface area (Å²) in [6.07, 6.45) is 5.42.